The molecule has 0 saturated carbocycles. The molecule has 1 saturated heterocycles. The number of nitrogens with zero attached hydrogens (tertiary/aromatic N) is 3. The van der Waals surface area contributed by atoms with E-state index in [1.165, 1.54) is 0 Å². The van der Waals surface area contributed by atoms with Crippen molar-refractivity contribution in [2.45, 2.75) is 117 Å². The van der Waals surface area contributed by atoms with Gasteiger partial charge < -0.3 is 24.1 Å². The lowest BCUT2D eigenvalue weighted by molar-refractivity contribution is -0.163. The Hall–Kier alpha value is -3.55. The molecule has 1 aromatic carbocycles. The van der Waals surface area contributed by atoms with E-state index in [0.29, 0.717) is 32.4 Å². The van der Waals surface area contributed by atoms with Crippen molar-refractivity contribution in [3.63, 3.8) is 0 Å². The minimum atomic E-state index is -1.12. The highest BCUT2D eigenvalue weighted by atomic mass is 16.6. The third-order valence-electron chi connectivity index (χ3n) is 7.76. The lowest BCUT2D eigenvalue weighted by Gasteiger charge is -2.42. The molecular formula is C36H57N3O10. The number of likely N-dealkylation sites (tertiary alicyclic amines) is 1. The van der Waals surface area contributed by atoms with E-state index in [-0.39, 0.29) is 51.9 Å². The van der Waals surface area contributed by atoms with Gasteiger partial charge in [0.05, 0.1) is 19.7 Å². The monoisotopic (exact) mass is 691 g/mol. The summed E-state index contributed by atoms with van der Waals surface area (Å²) in [6, 6.07) is 7.61. The lowest BCUT2D eigenvalue weighted by atomic mass is 9.94. The molecular weight excluding hydrogens is 634 g/mol. The molecule has 0 aromatic heterocycles. The van der Waals surface area contributed by atoms with E-state index in [4.69, 9.17) is 18.9 Å². The van der Waals surface area contributed by atoms with Crippen LogP contribution in [0.15, 0.2) is 30.3 Å². The van der Waals surface area contributed by atoms with Gasteiger partial charge in [-0.05, 0) is 73.3 Å². The van der Waals surface area contributed by atoms with Crippen LogP contribution in [0.25, 0.3) is 0 Å². The molecule has 13 nitrogen and oxygen atoms in total. The third kappa shape index (κ3) is 15.7. The molecule has 1 fully saturated rings. The number of hydrogen-bond donors (Lipinski definition) is 1. The van der Waals surface area contributed by atoms with Crippen LogP contribution in [0.3, 0.4) is 0 Å². The molecule has 0 amide bonds. The Balaban J connectivity index is 2.45. The summed E-state index contributed by atoms with van der Waals surface area (Å²) in [7, 11) is 0. The normalized spacial score (nSPS) is 17.8. The SMILES string of the molecule is CCOC(=O)C(COC(=O)CC)N(CCN(CC(=O)OC(C)(C)C)CC1CCCC(C(=O)O)N1Cc1ccccc1)CC(=O)OC(C)(C)C. The molecule has 1 aromatic rings. The van der Waals surface area contributed by atoms with Crippen molar-refractivity contribution in [2.75, 3.05) is 45.9 Å². The van der Waals surface area contributed by atoms with Crippen molar-refractivity contribution in [3.8, 4) is 0 Å². The van der Waals surface area contributed by atoms with Gasteiger partial charge in [0.2, 0.25) is 0 Å². The third-order valence-corrected chi connectivity index (χ3v) is 7.76. The molecule has 0 radical (unpaired) electrons. The standard InChI is InChI=1S/C36H57N3O10/c1-9-30(40)47-25-29(34(45)46-10-2)38(24-32(42)49-36(6,7)8)20-19-37(23-31(41)48-35(3,4)5)22-27-17-14-18-28(33(43)44)39(27)21-26-15-12-11-13-16-26/h11-13,15-16,27-29H,9-10,14,17-25H2,1-8H3,(H,43,44). The first-order valence-corrected chi connectivity index (χ1v) is 17.2. The van der Waals surface area contributed by atoms with Gasteiger partial charge in [0.15, 0.2) is 0 Å². The summed E-state index contributed by atoms with van der Waals surface area (Å²) in [6.45, 7) is 14.2. The fraction of sp³-hybridized carbons (Fsp3) is 0.694. The molecule has 1 heterocycles. The van der Waals surface area contributed by atoms with E-state index in [9.17, 15) is 29.1 Å². The van der Waals surface area contributed by atoms with Crippen LogP contribution in [0.5, 0.6) is 0 Å². The number of ether oxygens (including phenoxy) is 4. The summed E-state index contributed by atoms with van der Waals surface area (Å²) in [5.74, 6) is -3.14. The van der Waals surface area contributed by atoms with E-state index >= 15 is 0 Å². The van der Waals surface area contributed by atoms with E-state index in [1.54, 1.807) is 60.3 Å². The number of carboxylic acids is 1. The second-order valence-electron chi connectivity index (χ2n) is 14.3. The van der Waals surface area contributed by atoms with Crippen LogP contribution in [-0.2, 0) is 49.5 Å². The maximum Gasteiger partial charge on any atom is 0.326 e. The topological polar surface area (TPSA) is 152 Å². The number of carboxylic acid groups (broad SMARTS) is 1. The lowest BCUT2D eigenvalue weighted by Crippen LogP contribution is -2.56. The Morgan fingerprint density at radius 3 is 2.02 bits per heavy atom. The maximum absolute atomic E-state index is 13.2. The molecule has 0 spiro atoms. The summed E-state index contributed by atoms with van der Waals surface area (Å²) in [5.41, 5.74) is -0.548. The van der Waals surface area contributed by atoms with Crippen LogP contribution in [-0.4, -0.2) is 125 Å². The van der Waals surface area contributed by atoms with Gasteiger partial charge in [0.1, 0.15) is 29.9 Å². The first kappa shape index (κ1) is 41.6. The smallest absolute Gasteiger partial charge is 0.326 e. The fourth-order valence-electron chi connectivity index (χ4n) is 5.71. The van der Waals surface area contributed by atoms with E-state index in [0.717, 1.165) is 5.56 Å². The zero-order valence-electron chi connectivity index (χ0n) is 30.6. The predicted octanol–water partition coefficient (Wildman–Crippen LogP) is 3.67. The molecule has 1 aliphatic rings. The number of rotatable bonds is 18. The average Bonchev–Trinajstić information content (AvgIpc) is 2.98. The maximum atomic E-state index is 13.2. The van der Waals surface area contributed by atoms with Crippen LogP contribution in [0, 0.1) is 0 Å². The zero-order chi connectivity index (χ0) is 36.8. The molecule has 3 unspecified atom stereocenters. The predicted molar refractivity (Wildman–Crippen MR) is 182 cm³/mol. The highest BCUT2D eigenvalue weighted by Gasteiger charge is 2.37. The zero-order valence-corrected chi connectivity index (χ0v) is 30.6. The number of hydrogen-bond acceptors (Lipinski definition) is 12. The van der Waals surface area contributed by atoms with E-state index in [2.05, 4.69) is 0 Å². The summed E-state index contributed by atoms with van der Waals surface area (Å²) in [5, 5.41) is 10.2. The minimum Gasteiger partial charge on any atom is -0.480 e. The number of carbonyl (C=O) groups excluding carboxylic acids is 4. The van der Waals surface area contributed by atoms with Gasteiger partial charge in [-0.2, -0.15) is 0 Å². The van der Waals surface area contributed by atoms with Gasteiger partial charge in [0.25, 0.3) is 0 Å². The average molecular weight is 692 g/mol. The Labute approximate surface area is 291 Å². The second kappa shape index (κ2) is 19.6. The van der Waals surface area contributed by atoms with Crippen molar-refractivity contribution in [1.29, 1.82) is 0 Å². The summed E-state index contributed by atoms with van der Waals surface area (Å²) < 4.78 is 21.9. The highest BCUT2D eigenvalue weighted by molar-refractivity contribution is 5.79. The van der Waals surface area contributed by atoms with Gasteiger partial charge in [0, 0.05) is 38.6 Å². The van der Waals surface area contributed by atoms with Gasteiger partial charge in [-0.1, -0.05) is 37.3 Å². The van der Waals surface area contributed by atoms with E-state index < -0.39 is 53.1 Å². The molecule has 3 atom stereocenters. The molecule has 1 aliphatic heterocycles. The van der Waals surface area contributed by atoms with Gasteiger partial charge in [-0.3, -0.25) is 38.7 Å². The molecule has 13 heteroatoms. The molecule has 2 rings (SSSR count). The van der Waals surface area contributed by atoms with Crippen LogP contribution in [0.4, 0.5) is 0 Å². The number of aliphatic carboxylic acids is 1. The van der Waals surface area contributed by atoms with Crippen molar-refractivity contribution in [3.05, 3.63) is 35.9 Å². The summed E-state index contributed by atoms with van der Waals surface area (Å²) in [6.07, 6.45) is 2.02. The number of carbonyl (C=O) groups is 5. The van der Waals surface area contributed by atoms with Crippen molar-refractivity contribution in [1.82, 2.24) is 14.7 Å². The Morgan fingerprint density at radius 2 is 1.47 bits per heavy atom. The number of piperidine rings is 1. The first-order chi connectivity index (χ1) is 22.9. The first-order valence-electron chi connectivity index (χ1n) is 17.2. The molecule has 0 bridgehead atoms. The van der Waals surface area contributed by atoms with Crippen molar-refractivity contribution >= 4 is 29.8 Å². The Bertz CT molecular complexity index is 1230. The summed E-state index contributed by atoms with van der Waals surface area (Å²) >= 11 is 0. The molecule has 0 aliphatic carbocycles. The van der Waals surface area contributed by atoms with Crippen LogP contribution in [0.1, 0.15) is 86.6 Å². The van der Waals surface area contributed by atoms with Crippen LogP contribution in [0.2, 0.25) is 0 Å². The van der Waals surface area contributed by atoms with Crippen LogP contribution < -0.4 is 0 Å². The second-order valence-corrected chi connectivity index (χ2v) is 14.3. The van der Waals surface area contributed by atoms with Gasteiger partial charge in [-0.25, -0.2) is 0 Å². The fourth-order valence-corrected chi connectivity index (χ4v) is 5.71. The quantitative estimate of drug-likeness (QED) is 0.176. The van der Waals surface area contributed by atoms with E-state index in [1.807, 2.05) is 40.1 Å². The number of esters is 4. The Kier molecular flexibility index (Phi) is 16.6. The molecule has 276 valence electrons. The Morgan fingerprint density at radius 1 is 0.857 bits per heavy atom. The highest BCUT2D eigenvalue weighted by Crippen LogP contribution is 2.27. The molecule has 1 N–H and O–H groups in total. The minimum absolute atomic E-state index is 0.0752. The van der Waals surface area contributed by atoms with Crippen molar-refractivity contribution in [2.24, 2.45) is 0 Å². The van der Waals surface area contributed by atoms with Crippen molar-refractivity contribution < 1.29 is 48.0 Å². The summed E-state index contributed by atoms with van der Waals surface area (Å²) in [4.78, 5) is 69.4. The van der Waals surface area contributed by atoms with Gasteiger partial charge >= 0.3 is 29.8 Å². The largest absolute Gasteiger partial charge is 0.480 e. The number of benzene rings is 1. The molecule has 49 heavy (non-hydrogen) atoms. The van der Waals surface area contributed by atoms with Crippen LogP contribution >= 0.6 is 0 Å². The van der Waals surface area contributed by atoms with Gasteiger partial charge in [-0.15, -0.1) is 0 Å².